The molecule has 97 valence electrons. The van der Waals surface area contributed by atoms with Gasteiger partial charge in [-0.3, -0.25) is 0 Å². The number of hydrogen-bond donors (Lipinski definition) is 0. The van der Waals surface area contributed by atoms with Gasteiger partial charge in [0.15, 0.2) is 0 Å². The molecule has 0 aliphatic carbocycles. The summed E-state index contributed by atoms with van der Waals surface area (Å²) in [6, 6.07) is 0. The molecule has 1 nitrogen and oxygen atoms in total. The molecule has 16 heavy (non-hydrogen) atoms. The molecule has 0 fully saturated rings. The molecule has 0 saturated carbocycles. The van der Waals surface area contributed by atoms with Crippen LogP contribution in [0.4, 0.5) is 39.5 Å². The average molecular weight is 263 g/mol. The molecule has 0 atom stereocenters. The van der Waals surface area contributed by atoms with Crippen molar-refractivity contribution in [3.63, 3.8) is 0 Å². The predicted octanol–water partition coefficient (Wildman–Crippen LogP) is 3.26. The van der Waals surface area contributed by atoms with Crippen LogP contribution in [0.2, 0.25) is 0 Å². The third kappa shape index (κ3) is 2.20. The van der Waals surface area contributed by atoms with Crippen LogP contribution in [0.15, 0.2) is 0 Å². The van der Waals surface area contributed by atoms with Crippen molar-refractivity contribution >= 4 is 0 Å². The van der Waals surface area contributed by atoms with Crippen LogP contribution >= 0.6 is 0 Å². The molecule has 0 aromatic heterocycles. The number of alkyl halides is 9. The largest absolute Gasteiger partial charge is 0.460 e. The van der Waals surface area contributed by atoms with Crippen molar-refractivity contribution in [3.05, 3.63) is 7.11 Å². The number of halogens is 9. The molecule has 0 aromatic carbocycles. The molecular weight excluding hydrogens is 259 g/mol. The lowest BCUT2D eigenvalue weighted by atomic mass is 10.0. The van der Waals surface area contributed by atoms with Crippen molar-refractivity contribution < 1.29 is 44.3 Å². The Balaban J connectivity index is 5.34. The quantitative estimate of drug-likeness (QED) is 0.707. The first-order chi connectivity index (χ1) is 6.81. The van der Waals surface area contributed by atoms with E-state index in [0.29, 0.717) is 0 Å². The van der Waals surface area contributed by atoms with E-state index in [1.807, 2.05) is 0 Å². The Bertz CT molecular complexity index is 243. The lowest BCUT2D eigenvalue weighted by Crippen LogP contribution is -2.62. The van der Waals surface area contributed by atoms with E-state index < -0.39 is 30.6 Å². The Labute approximate surface area is 83.2 Å². The highest BCUT2D eigenvalue weighted by atomic mass is 19.4. The van der Waals surface area contributed by atoms with Gasteiger partial charge in [0.25, 0.3) is 0 Å². The van der Waals surface area contributed by atoms with Gasteiger partial charge in [-0.1, -0.05) is 0 Å². The van der Waals surface area contributed by atoms with Crippen LogP contribution in [-0.2, 0) is 4.74 Å². The van der Waals surface area contributed by atoms with Crippen LogP contribution in [0.5, 0.6) is 0 Å². The standard InChI is InChI=1S/C6H4F9O/c1-16-2-3(7,8)4(9,10)5(11,12)6(13,14)15/h1-2H2. The van der Waals surface area contributed by atoms with Crippen LogP contribution in [0, 0.1) is 7.11 Å². The lowest BCUT2D eigenvalue weighted by molar-refractivity contribution is -0.399. The van der Waals surface area contributed by atoms with Gasteiger partial charge >= 0.3 is 23.9 Å². The number of ether oxygens (including phenoxy) is 1. The summed E-state index contributed by atoms with van der Waals surface area (Å²) >= 11 is 0. The summed E-state index contributed by atoms with van der Waals surface area (Å²) < 4.78 is 111. The van der Waals surface area contributed by atoms with E-state index in [1.54, 1.807) is 0 Å². The average Bonchev–Trinajstić information content (AvgIpc) is 2.01. The Kier molecular flexibility index (Phi) is 3.80. The van der Waals surface area contributed by atoms with Crippen molar-refractivity contribution in [2.24, 2.45) is 0 Å². The molecule has 0 spiro atoms. The summed E-state index contributed by atoms with van der Waals surface area (Å²) in [5.41, 5.74) is 0. The first-order valence-electron chi connectivity index (χ1n) is 3.38. The lowest BCUT2D eigenvalue weighted by Gasteiger charge is -2.33. The Morgan fingerprint density at radius 2 is 1.12 bits per heavy atom. The van der Waals surface area contributed by atoms with Crippen molar-refractivity contribution in [1.82, 2.24) is 0 Å². The minimum atomic E-state index is -6.87. The predicted molar refractivity (Wildman–Crippen MR) is 32.2 cm³/mol. The van der Waals surface area contributed by atoms with E-state index in [2.05, 4.69) is 11.8 Å². The summed E-state index contributed by atoms with van der Waals surface area (Å²) in [4.78, 5) is 0. The van der Waals surface area contributed by atoms with Gasteiger partial charge in [0, 0.05) is 0 Å². The van der Waals surface area contributed by atoms with Gasteiger partial charge < -0.3 is 4.74 Å². The van der Waals surface area contributed by atoms with Gasteiger partial charge in [-0.2, -0.15) is 39.5 Å². The van der Waals surface area contributed by atoms with Crippen LogP contribution in [0.1, 0.15) is 0 Å². The molecule has 0 rings (SSSR count). The first kappa shape index (κ1) is 15.3. The molecule has 0 bridgehead atoms. The molecule has 1 radical (unpaired) electrons. The minimum absolute atomic E-state index is 2.19. The molecule has 0 aromatic rings. The second-order valence-corrected chi connectivity index (χ2v) is 2.70. The Morgan fingerprint density at radius 1 is 0.750 bits per heavy atom. The smallest absolute Gasteiger partial charge is 0.373 e. The Morgan fingerprint density at radius 3 is 1.38 bits per heavy atom. The first-order valence-corrected chi connectivity index (χ1v) is 3.38. The summed E-state index contributed by atoms with van der Waals surface area (Å²) in [5.74, 6) is -19.2. The SMILES string of the molecule is [CH2]OCC(F)(F)C(F)(F)C(F)(F)C(F)(F)F. The van der Waals surface area contributed by atoms with E-state index in [4.69, 9.17) is 0 Å². The van der Waals surface area contributed by atoms with Crippen molar-refractivity contribution in [2.45, 2.75) is 23.9 Å². The normalized spacial score (nSPS) is 15.4. The topological polar surface area (TPSA) is 9.23 Å². The highest BCUT2D eigenvalue weighted by molar-refractivity contribution is 5.00. The third-order valence-electron chi connectivity index (χ3n) is 1.49. The zero-order valence-corrected chi connectivity index (χ0v) is 7.22. The highest BCUT2D eigenvalue weighted by Crippen LogP contribution is 2.52. The third-order valence-corrected chi connectivity index (χ3v) is 1.49. The van der Waals surface area contributed by atoms with Crippen LogP contribution in [-0.4, -0.2) is 30.6 Å². The number of hydrogen-bond acceptors (Lipinski definition) is 1. The highest BCUT2D eigenvalue weighted by Gasteiger charge is 2.81. The zero-order chi connectivity index (χ0) is 13.4. The molecule has 0 aliphatic rings. The van der Waals surface area contributed by atoms with Gasteiger partial charge in [0.2, 0.25) is 0 Å². The maximum absolute atomic E-state index is 12.3. The molecule has 0 saturated heterocycles. The molecule has 0 unspecified atom stereocenters. The fourth-order valence-electron chi connectivity index (χ4n) is 0.627. The summed E-state index contributed by atoms with van der Waals surface area (Å²) in [5, 5.41) is 0. The van der Waals surface area contributed by atoms with Crippen LogP contribution < -0.4 is 0 Å². The van der Waals surface area contributed by atoms with E-state index in [-0.39, 0.29) is 0 Å². The fourth-order valence-corrected chi connectivity index (χ4v) is 0.627. The maximum atomic E-state index is 12.3. The summed E-state index contributed by atoms with van der Waals surface area (Å²) in [6.07, 6.45) is -6.80. The second-order valence-electron chi connectivity index (χ2n) is 2.70. The summed E-state index contributed by atoms with van der Waals surface area (Å²) in [7, 11) is 2.19. The summed E-state index contributed by atoms with van der Waals surface area (Å²) in [6.45, 7) is -2.37. The van der Waals surface area contributed by atoms with E-state index in [9.17, 15) is 39.5 Å². The van der Waals surface area contributed by atoms with Crippen molar-refractivity contribution in [3.8, 4) is 0 Å². The number of rotatable bonds is 4. The van der Waals surface area contributed by atoms with Gasteiger partial charge in [0.05, 0.1) is 7.11 Å². The molecule has 0 N–H and O–H groups in total. The molecular formula is C6H4F9O. The molecule has 10 heteroatoms. The van der Waals surface area contributed by atoms with Crippen LogP contribution in [0.3, 0.4) is 0 Å². The van der Waals surface area contributed by atoms with E-state index >= 15 is 0 Å². The van der Waals surface area contributed by atoms with Crippen molar-refractivity contribution in [1.29, 1.82) is 0 Å². The molecule has 0 heterocycles. The van der Waals surface area contributed by atoms with Gasteiger partial charge in [-0.25, -0.2) is 0 Å². The minimum Gasteiger partial charge on any atom is -0.373 e. The van der Waals surface area contributed by atoms with Crippen LogP contribution in [0.25, 0.3) is 0 Å². The van der Waals surface area contributed by atoms with Gasteiger partial charge in [-0.15, -0.1) is 0 Å². The van der Waals surface area contributed by atoms with E-state index in [0.717, 1.165) is 0 Å². The van der Waals surface area contributed by atoms with Gasteiger partial charge in [0.1, 0.15) is 6.61 Å². The van der Waals surface area contributed by atoms with Crippen molar-refractivity contribution in [2.75, 3.05) is 6.61 Å². The Hall–Kier alpha value is -0.670. The fraction of sp³-hybridized carbons (Fsp3) is 0.833. The molecule has 0 aliphatic heterocycles. The van der Waals surface area contributed by atoms with E-state index in [1.165, 1.54) is 0 Å². The van der Waals surface area contributed by atoms with Gasteiger partial charge in [-0.05, 0) is 0 Å². The second kappa shape index (κ2) is 3.97. The zero-order valence-electron chi connectivity index (χ0n) is 7.22. The molecule has 0 amide bonds. The maximum Gasteiger partial charge on any atom is 0.460 e. The monoisotopic (exact) mass is 263 g/mol.